The second-order valence-corrected chi connectivity index (χ2v) is 8.77. The first-order valence-electron chi connectivity index (χ1n) is 10.1. The highest BCUT2D eigenvalue weighted by Gasteiger charge is 2.29. The van der Waals surface area contributed by atoms with Gasteiger partial charge in [-0.15, -0.1) is 0 Å². The number of halogens is 4. The largest absolute Gasteiger partial charge is 0.446 e. The van der Waals surface area contributed by atoms with Crippen molar-refractivity contribution in [3.63, 3.8) is 0 Å². The summed E-state index contributed by atoms with van der Waals surface area (Å²) in [4.78, 5) is 14.4. The predicted octanol–water partition coefficient (Wildman–Crippen LogP) is 4.80. The normalized spacial score (nSPS) is 16.2. The summed E-state index contributed by atoms with van der Waals surface area (Å²) in [6.45, 7) is 1.08. The van der Waals surface area contributed by atoms with E-state index < -0.39 is 11.6 Å². The number of likely N-dealkylation sites (tertiary alicyclic amines) is 1. The molecule has 0 aromatic heterocycles. The summed E-state index contributed by atoms with van der Waals surface area (Å²) in [5.41, 5.74) is 2.87. The van der Waals surface area contributed by atoms with E-state index in [-0.39, 0.29) is 40.8 Å². The first-order valence-corrected chi connectivity index (χ1v) is 10.9. The van der Waals surface area contributed by atoms with Crippen molar-refractivity contribution >= 4 is 23.4 Å². The number of amides is 1. The summed E-state index contributed by atoms with van der Waals surface area (Å²) < 4.78 is 51.4. The van der Waals surface area contributed by atoms with Crippen molar-refractivity contribution < 1.29 is 22.4 Å². The molecule has 3 N–H and O–H groups in total. The lowest BCUT2D eigenvalue weighted by Crippen LogP contribution is -2.44. The molecule has 0 radical (unpaired) electrons. The van der Waals surface area contributed by atoms with Crippen molar-refractivity contribution in [1.29, 1.82) is 0 Å². The maximum absolute atomic E-state index is 13.8. The Morgan fingerprint density at radius 2 is 1.87 bits per heavy atom. The first-order chi connectivity index (χ1) is 14.7. The third-order valence-corrected chi connectivity index (χ3v) is 5.88. The molecule has 1 aliphatic rings. The fourth-order valence-electron chi connectivity index (χ4n) is 3.66. The Morgan fingerprint density at radius 1 is 1.16 bits per heavy atom. The van der Waals surface area contributed by atoms with Crippen molar-refractivity contribution in [3.8, 4) is 0 Å². The number of rotatable bonds is 7. The summed E-state index contributed by atoms with van der Waals surface area (Å²) in [6, 6.07) is 12.2. The molecule has 2 aromatic rings. The number of piperidine rings is 1. The molecule has 9 heteroatoms. The lowest BCUT2D eigenvalue weighted by atomic mass is 10.0. The van der Waals surface area contributed by atoms with Crippen LogP contribution in [-0.4, -0.2) is 41.5 Å². The molecule has 0 saturated carbocycles. The van der Waals surface area contributed by atoms with Crippen molar-refractivity contribution in [3.05, 3.63) is 59.9 Å². The molecule has 3 rings (SSSR count). The van der Waals surface area contributed by atoms with Gasteiger partial charge in [-0.25, -0.2) is 4.39 Å². The highest BCUT2D eigenvalue weighted by molar-refractivity contribution is 8.00. The summed E-state index contributed by atoms with van der Waals surface area (Å²) in [5.74, 6) is -0.388. The number of carbonyl (C=O) groups is 1. The number of thioether (sulfide) groups is 1. The molecular weight excluding hydrogens is 430 g/mol. The highest BCUT2D eigenvalue weighted by atomic mass is 32.2. The summed E-state index contributed by atoms with van der Waals surface area (Å²) in [6.07, 6.45) is 1.81. The van der Waals surface area contributed by atoms with Gasteiger partial charge in [-0.2, -0.15) is 13.2 Å². The van der Waals surface area contributed by atoms with E-state index in [0.717, 1.165) is 0 Å². The second-order valence-electron chi connectivity index (χ2n) is 7.63. The van der Waals surface area contributed by atoms with E-state index in [9.17, 15) is 22.4 Å². The number of hydrogen-bond acceptors (Lipinski definition) is 4. The molecule has 1 unspecified atom stereocenters. The average Bonchev–Trinajstić information content (AvgIpc) is 2.69. The minimum absolute atomic E-state index is 0.0640. The van der Waals surface area contributed by atoms with Gasteiger partial charge in [0.2, 0.25) is 5.91 Å². The van der Waals surface area contributed by atoms with Crippen LogP contribution in [0, 0.1) is 5.82 Å². The standard InChI is InChI=1S/C22H25F4N3OS/c23-20-7-2-1-4-15(20)12-16(27)13-21(30)29-10-8-17(9-11-29)28-18-5-3-6-19(14-18)31-22(24,25)26/h1-7,14,16-17,28H,8-13,27H2. The van der Waals surface area contributed by atoms with E-state index in [4.69, 9.17) is 5.73 Å². The van der Waals surface area contributed by atoms with Crippen LogP contribution in [0.1, 0.15) is 24.8 Å². The van der Waals surface area contributed by atoms with Crippen molar-refractivity contribution in [1.82, 2.24) is 4.90 Å². The quantitative estimate of drug-likeness (QED) is 0.465. The van der Waals surface area contributed by atoms with Crippen LogP contribution in [-0.2, 0) is 11.2 Å². The Balaban J connectivity index is 1.45. The summed E-state index contributed by atoms with van der Waals surface area (Å²) in [5, 5.41) is 3.26. The van der Waals surface area contributed by atoms with Crippen LogP contribution in [0.3, 0.4) is 0 Å². The molecule has 1 atom stereocenters. The van der Waals surface area contributed by atoms with Gasteiger partial charge < -0.3 is 16.0 Å². The minimum Gasteiger partial charge on any atom is -0.382 e. The van der Waals surface area contributed by atoms with Crippen LogP contribution >= 0.6 is 11.8 Å². The molecule has 0 bridgehead atoms. The number of hydrogen-bond donors (Lipinski definition) is 2. The molecule has 31 heavy (non-hydrogen) atoms. The fourth-order valence-corrected chi connectivity index (χ4v) is 4.26. The van der Waals surface area contributed by atoms with Gasteiger partial charge in [0, 0.05) is 42.2 Å². The Kier molecular flexibility index (Phi) is 7.83. The summed E-state index contributed by atoms with van der Waals surface area (Å²) >= 11 is -0.140. The van der Waals surface area contributed by atoms with E-state index >= 15 is 0 Å². The Bertz CT molecular complexity index is 885. The van der Waals surface area contributed by atoms with Crippen molar-refractivity contribution in [2.45, 2.75) is 48.2 Å². The molecule has 0 aliphatic carbocycles. The maximum Gasteiger partial charge on any atom is 0.446 e. The zero-order chi connectivity index (χ0) is 22.4. The number of alkyl halides is 3. The number of anilines is 1. The molecule has 1 amide bonds. The number of carbonyl (C=O) groups excluding carboxylic acids is 1. The molecule has 1 saturated heterocycles. The van der Waals surface area contributed by atoms with Crippen LogP contribution in [0.4, 0.5) is 23.2 Å². The van der Waals surface area contributed by atoms with Crippen LogP contribution < -0.4 is 11.1 Å². The Hall–Kier alpha value is -2.26. The molecule has 4 nitrogen and oxygen atoms in total. The third kappa shape index (κ3) is 7.43. The lowest BCUT2D eigenvalue weighted by Gasteiger charge is -2.33. The van der Waals surface area contributed by atoms with Crippen LogP contribution in [0.15, 0.2) is 53.4 Å². The van der Waals surface area contributed by atoms with Gasteiger partial charge in [0.25, 0.3) is 0 Å². The monoisotopic (exact) mass is 455 g/mol. The molecule has 1 fully saturated rings. The SMILES string of the molecule is NC(CC(=O)N1CCC(Nc2cccc(SC(F)(F)F)c2)CC1)Cc1ccccc1F. The Morgan fingerprint density at radius 3 is 2.55 bits per heavy atom. The van der Waals surface area contributed by atoms with Gasteiger partial charge in [-0.05, 0) is 60.9 Å². The molecule has 168 valence electrons. The third-order valence-electron chi connectivity index (χ3n) is 5.16. The van der Waals surface area contributed by atoms with Gasteiger partial charge in [-0.1, -0.05) is 24.3 Å². The van der Waals surface area contributed by atoms with Crippen LogP contribution in [0.5, 0.6) is 0 Å². The molecule has 1 heterocycles. The maximum atomic E-state index is 13.8. The van der Waals surface area contributed by atoms with Gasteiger partial charge >= 0.3 is 5.51 Å². The summed E-state index contributed by atoms with van der Waals surface area (Å²) in [7, 11) is 0. The van der Waals surface area contributed by atoms with E-state index in [1.165, 1.54) is 18.2 Å². The van der Waals surface area contributed by atoms with E-state index in [2.05, 4.69) is 5.32 Å². The number of nitrogens with two attached hydrogens (primary N) is 1. The molecular formula is C22H25F4N3OS. The van der Waals surface area contributed by atoms with Gasteiger partial charge in [0.1, 0.15) is 5.82 Å². The molecule has 0 spiro atoms. The fraction of sp³-hybridized carbons (Fsp3) is 0.409. The molecule has 1 aliphatic heterocycles. The van der Waals surface area contributed by atoms with Crippen molar-refractivity contribution in [2.24, 2.45) is 5.73 Å². The smallest absolute Gasteiger partial charge is 0.382 e. The zero-order valence-corrected chi connectivity index (χ0v) is 17.7. The van der Waals surface area contributed by atoms with Crippen LogP contribution in [0.2, 0.25) is 0 Å². The topological polar surface area (TPSA) is 58.4 Å². The van der Waals surface area contributed by atoms with E-state index in [1.54, 1.807) is 35.2 Å². The predicted molar refractivity (Wildman–Crippen MR) is 114 cm³/mol. The number of nitrogens with one attached hydrogen (secondary N) is 1. The lowest BCUT2D eigenvalue weighted by molar-refractivity contribution is -0.132. The van der Waals surface area contributed by atoms with Gasteiger partial charge in [0.15, 0.2) is 0 Å². The number of benzene rings is 2. The molecule has 2 aromatic carbocycles. The highest BCUT2D eigenvalue weighted by Crippen LogP contribution is 2.37. The van der Waals surface area contributed by atoms with Crippen LogP contribution in [0.25, 0.3) is 0 Å². The Labute approximate surface area is 183 Å². The average molecular weight is 456 g/mol. The van der Waals surface area contributed by atoms with Gasteiger partial charge in [0.05, 0.1) is 0 Å². The number of nitrogens with zero attached hydrogens (tertiary/aromatic N) is 1. The van der Waals surface area contributed by atoms with E-state index in [1.807, 2.05) is 0 Å². The first kappa shape index (κ1) is 23.4. The van der Waals surface area contributed by atoms with Gasteiger partial charge in [-0.3, -0.25) is 4.79 Å². The van der Waals surface area contributed by atoms with E-state index in [0.29, 0.717) is 43.6 Å². The van der Waals surface area contributed by atoms with Crippen molar-refractivity contribution in [2.75, 3.05) is 18.4 Å². The zero-order valence-electron chi connectivity index (χ0n) is 16.9. The second kappa shape index (κ2) is 10.4. The minimum atomic E-state index is -4.32.